The average Bonchev–Trinajstić information content (AvgIpc) is 2.33. The van der Waals surface area contributed by atoms with Gasteiger partial charge in [-0.3, -0.25) is 0 Å². The fourth-order valence-corrected chi connectivity index (χ4v) is 1.16. The van der Waals surface area contributed by atoms with E-state index in [2.05, 4.69) is 26.6 Å². The zero-order valence-electron chi connectivity index (χ0n) is 9.34. The molecule has 0 saturated carbocycles. The van der Waals surface area contributed by atoms with E-state index in [-0.39, 0.29) is 0 Å². The number of ether oxygens (including phenoxy) is 1. The molecule has 15 heavy (non-hydrogen) atoms. The van der Waals surface area contributed by atoms with Gasteiger partial charge in [-0.2, -0.15) is 30.3 Å². The van der Waals surface area contributed by atoms with Crippen molar-refractivity contribution in [1.82, 2.24) is 0 Å². The Morgan fingerprint density at radius 1 is 1.27 bits per heavy atom. The summed E-state index contributed by atoms with van der Waals surface area (Å²) in [5, 5.41) is 0. The molecule has 1 rings (SSSR count). The molecule has 0 aliphatic heterocycles. The van der Waals surface area contributed by atoms with Crippen LogP contribution in [0.2, 0.25) is 0 Å². The summed E-state index contributed by atoms with van der Waals surface area (Å²) in [5.74, 6) is 0. The summed E-state index contributed by atoms with van der Waals surface area (Å²) in [6.07, 6.45) is 3.70. The Balaban J connectivity index is 0.000000921. The second-order valence-corrected chi connectivity index (χ2v) is 3.17. The Labute approximate surface area is 110 Å². The van der Waals surface area contributed by atoms with E-state index < -0.39 is 0 Å². The molecule has 0 aliphatic carbocycles. The van der Waals surface area contributed by atoms with Gasteiger partial charge in [0.05, 0.1) is 0 Å². The number of hydrogen-bond acceptors (Lipinski definition) is 1. The van der Waals surface area contributed by atoms with Crippen LogP contribution in [0.1, 0.15) is 31.7 Å². The van der Waals surface area contributed by atoms with Crippen molar-refractivity contribution in [3.8, 4) is 0 Å². The quantitative estimate of drug-likeness (QED) is 0.436. The number of rotatable bonds is 6. The molecule has 0 radical (unpaired) electrons. The van der Waals surface area contributed by atoms with Crippen LogP contribution < -0.4 is 0 Å². The molecule has 0 aromatic heterocycles. The molecular weight excluding hydrogens is 305 g/mol. The maximum absolute atomic E-state index is 5.51. The zero-order chi connectivity index (χ0) is 11.4. The maximum atomic E-state index is 5.51. The van der Waals surface area contributed by atoms with E-state index >= 15 is 0 Å². The van der Waals surface area contributed by atoms with Gasteiger partial charge in [0.15, 0.2) is 0 Å². The van der Waals surface area contributed by atoms with Crippen LogP contribution in [0.3, 0.4) is 0 Å². The molecule has 0 unspecified atom stereocenters. The van der Waals surface area contributed by atoms with Crippen molar-refractivity contribution < 1.29 is 21.1 Å². The Kier molecular flexibility index (Phi) is 12.6. The molecule has 1 aromatic carbocycles. The van der Waals surface area contributed by atoms with Crippen LogP contribution >= 0.6 is 13.6 Å². The van der Waals surface area contributed by atoms with E-state index in [1.807, 2.05) is 24.3 Å². The average molecular weight is 323 g/mol. The van der Waals surface area contributed by atoms with Crippen molar-refractivity contribution >= 4 is 13.6 Å². The Morgan fingerprint density at radius 2 is 1.93 bits per heavy atom. The molecule has 0 bridgehead atoms. The van der Waals surface area contributed by atoms with E-state index in [4.69, 9.17) is 4.74 Å². The van der Waals surface area contributed by atoms with Crippen molar-refractivity contribution in [3.63, 3.8) is 0 Å². The molecule has 1 aromatic rings. The summed E-state index contributed by atoms with van der Waals surface area (Å²) in [5.41, 5.74) is 1.23. The van der Waals surface area contributed by atoms with E-state index in [0.717, 1.165) is 13.2 Å². The third-order valence-corrected chi connectivity index (χ3v) is 1.95. The van der Waals surface area contributed by atoms with Crippen LogP contribution in [0.25, 0.3) is 0 Å². The molecule has 80 valence electrons. The van der Waals surface area contributed by atoms with Gasteiger partial charge >= 0.3 is 30.0 Å². The van der Waals surface area contributed by atoms with Gasteiger partial charge in [-0.25, -0.2) is 0 Å². The van der Waals surface area contributed by atoms with E-state index in [0.29, 0.717) is 0 Å². The molecule has 0 aliphatic rings. The molecule has 0 N–H and O–H groups in total. The summed E-state index contributed by atoms with van der Waals surface area (Å²) >= 11 is 4.25. The van der Waals surface area contributed by atoms with Crippen molar-refractivity contribution in [2.24, 2.45) is 0 Å². The van der Waals surface area contributed by atoms with Crippen molar-refractivity contribution in [1.29, 1.82) is 0 Å². The first-order valence-corrected chi connectivity index (χ1v) is 12.2. The van der Waals surface area contributed by atoms with Gasteiger partial charge in [0, 0.05) is 13.2 Å². The summed E-state index contributed by atoms with van der Waals surface area (Å²) in [7, 11) is 0. The number of unbranched alkanes of at least 4 members (excludes halogenated alkanes) is 2. The molecule has 0 amide bonds. The fraction of sp³-hybridized carbons (Fsp3) is 0.500. The van der Waals surface area contributed by atoms with E-state index in [1.54, 1.807) is 0 Å². The topological polar surface area (TPSA) is 9.23 Å². The van der Waals surface area contributed by atoms with Crippen molar-refractivity contribution in [2.45, 2.75) is 32.8 Å². The fourth-order valence-electron chi connectivity index (χ4n) is 1.16. The van der Waals surface area contributed by atoms with Crippen LogP contribution in [0.4, 0.5) is 0 Å². The molecule has 0 saturated heterocycles. The van der Waals surface area contributed by atoms with E-state index in [9.17, 15) is 0 Å². The number of halogens is 1. The first-order valence-electron chi connectivity index (χ1n) is 5.23. The van der Waals surface area contributed by atoms with Crippen molar-refractivity contribution in [3.05, 3.63) is 35.9 Å². The monoisotopic (exact) mass is 320 g/mol. The van der Waals surface area contributed by atoms with Gasteiger partial charge in [0.2, 0.25) is 0 Å². The minimum atomic E-state index is 0.735. The molecule has 0 heterocycles. The van der Waals surface area contributed by atoms with Crippen LogP contribution in [0, 0.1) is 6.07 Å². The van der Waals surface area contributed by atoms with Gasteiger partial charge in [-0.05, 0) is 6.42 Å². The third kappa shape index (κ3) is 9.23. The van der Waals surface area contributed by atoms with Gasteiger partial charge < -0.3 is 4.74 Å². The minimum absolute atomic E-state index is 0.735. The summed E-state index contributed by atoms with van der Waals surface area (Å²) in [4.78, 5) is 0. The second-order valence-electron chi connectivity index (χ2n) is 3.17. The van der Waals surface area contributed by atoms with E-state index in [1.165, 1.54) is 41.2 Å². The molecule has 0 spiro atoms. The number of benzene rings is 1. The van der Waals surface area contributed by atoms with Crippen LogP contribution in [0.15, 0.2) is 24.3 Å². The summed E-state index contributed by atoms with van der Waals surface area (Å²) in [6, 6.07) is 10.9. The molecule has 0 atom stereocenters. The van der Waals surface area contributed by atoms with Gasteiger partial charge in [-0.1, -0.05) is 19.8 Å². The normalized spacial score (nSPS) is 9.33. The SMILES string of the molecule is CCCCCOCc1cc[c-]cc1.[Zn+][Br]. The summed E-state index contributed by atoms with van der Waals surface area (Å²) < 4.78 is 5.51. The van der Waals surface area contributed by atoms with Crippen LogP contribution in [0.5, 0.6) is 0 Å². The van der Waals surface area contributed by atoms with Gasteiger partial charge in [-0.15, -0.1) is 5.56 Å². The van der Waals surface area contributed by atoms with Gasteiger partial charge in [0.25, 0.3) is 0 Å². The molecule has 3 heteroatoms. The first-order chi connectivity index (χ1) is 7.43. The summed E-state index contributed by atoms with van der Waals surface area (Å²) in [6.45, 7) is 3.82. The Hall–Kier alpha value is 0.283. The van der Waals surface area contributed by atoms with Crippen LogP contribution in [-0.4, -0.2) is 6.61 Å². The molecule has 1 nitrogen and oxygen atoms in total. The molecule has 0 fully saturated rings. The van der Waals surface area contributed by atoms with Crippen LogP contribution in [-0.2, 0) is 27.7 Å². The predicted molar refractivity (Wildman–Crippen MR) is 63.4 cm³/mol. The molecular formula is C12H17BrOZn. The van der Waals surface area contributed by atoms with Crippen molar-refractivity contribution in [2.75, 3.05) is 6.61 Å². The predicted octanol–water partition coefficient (Wildman–Crippen LogP) is 4.04. The Morgan fingerprint density at radius 3 is 2.53 bits per heavy atom. The van der Waals surface area contributed by atoms with Gasteiger partial charge in [0.1, 0.15) is 0 Å². The second kappa shape index (κ2) is 12.4. The number of hydrogen-bond donors (Lipinski definition) is 0. The first kappa shape index (κ1) is 15.3. The Bertz CT molecular complexity index is 216. The zero-order valence-corrected chi connectivity index (χ0v) is 13.9. The third-order valence-electron chi connectivity index (χ3n) is 1.95. The standard InChI is InChI=1S/C12H17O.BrH.Zn/c1-2-3-7-10-13-11-12-8-5-4-6-9-12;;/h5-6,8-9H,2-3,7,10-11H2,1H3;1H;/q-1;;+2/p-1.